The summed E-state index contributed by atoms with van der Waals surface area (Å²) in [6, 6.07) is 5.69. The van der Waals surface area contributed by atoms with Crippen LogP contribution in [-0.4, -0.2) is 6.54 Å². The number of hydrogen-bond acceptors (Lipinski definition) is 2. The smallest absolute Gasteiger partial charge is 0.0575 e. The molecule has 0 saturated heterocycles. The summed E-state index contributed by atoms with van der Waals surface area (Å²) >= 11 is 5.89. The lowest BCUT2D eigenvalue weighted by Gasteiger charge is -2.18. The van der Waals surface area contributed by atoms with Crippen molar-refractivity contribution in [1.29, 1.82) is 0 Å². The summed E-state index contributed by atoms with van der Waals surface area (Å²) in [5, 5.41) is 4.20. The van der Waals surface area contributed by atoms with Crippen LogP contribution in [0.4, 0.5) is 11.4 Å². The first kappa shape index (κ1) is 11.2. The first-order chi connectivity index (χ1) is 8.24. The van der Waals surface area contributed by atoms with Gasteiger partial charge in [0.1, 0.15) is 0 Å². The van der Waals surface area contributed by atoms with Crippen LogP contribution in [0.15, 0.2) is 18.2 Å². The molecule has 2 fully saturated rings. The third-order valence-electron chi connectivity index (χ3n) is 4.00. The fourth-order valence-corrected chi connectivity index (χ4v) is 2.87. The van der Waals surface area contributed by atoms with Crippen molar-refractivity contribution in [2.75, 3.05) is 17.6 Å². The van der Waals surface area contributed by atoms with Crippen LogP contribution in [0.1, 0.15) is 25.7 Å². The Morgan fingerprint density at radius 1 is 1.24 bits per heavy atom. The highest BCUT2D eigenvalue weighted by Gasteiger charge is 2.40. The largest absolute Gasteiger partial charge is 0.397 e. The monoisotopic (exact) mass is 250 g/mol. The summed E-state index contributed by atoms with van der Waals surface area (Å²) in [6.07, 6.45) is 5.72. The normalized spacial score (nSPS) is 19.6. The molecule has 1 aromatic rings. The Kier molecular flexibility index (Phi) is 2.91. The summed E-state index contributed by atoms with van der Waals surface area (Å²) in [6.45, 7) is 1.07. The van der Waals surface area contributed by atoms with E-state index in [1.807, 2.05) is 18.2 Å². The van der Waals surface area contributed by atoms with E-state index in [2.05, 4.69) is 5.32 Å². The molecule has 0 unspecified atom stereocenters. The Morgan fingerprint density at radius 2 is 1.88 bits per heavy atom. The van der Waals surface area contributed by atoms with E-state index in [-0.39, 0.29) is 0 Å². The van der Waals surface area contributed by atoms with Gasteiger partial charge in [0.25, 0.3) is 0 Å². The van der Waals surface area contributed by atoms with Crippen molar-refractivity contribution in [2.24, 2.45) is 17.8 Å². The zero-order valence-corrected chi connectivity index (χ0v) is 10.7. The Labute approximate surface area is 108 Å². The second-order valence-corrected chi connectivity index (χ2v) is 5.89. The predicted octanol–water partition coefficient (Wildman–Crippen LogP) is 3.77. The van der Waals surface area contributed by atoms with Gasteiger partial charge in [0.15, 0.2) is 0 Å². The van der Waals surface area contributed by atoms with Gasteiger partial charge in [-0.05, 0) is 61.6 Å². The average Bonchev–Trinajstić information content (AvgIpc) is 3.15. The fourth-order valence-electron chi connectivity index (χ4n) is 2.69. The van der Waals surface area contributed by atoms with E-state index >= 15 is 0 Å². The second kappa shape index (κ2) is 4.41. The number of rotatable bonds is 5. The molecule has 0 atom stereocenters. The van der Waals surface area contributed by atoms with E-state index < -0.39 is 0 Å². The van der Waals surface area contributed by atoms with Crippen LogP contribution >= 0.6 is 11.6 Å². The summed E-state index contributed by atoms with van der Waals surface area (Å²) in [5.74, 6) is 2.82. The minimum absolute atomic E-state index is 0.703. The van der Waals surface area contributed by atoms with Crippen molar-refractivity contribution < 1.29 is 0 Å². The van der Waals surface area contributed by atoms with Crippen LogP contribution < -0.4 is 11.1 Å². The van der Waals surface area contributed by atoms with E-state index in [9.17, 15) is 0 Å². The van der Waals surface area contributed by atoms with E-state index in [1.54, 1.807) is 0 Å². The lowest BCUT2D eigenvalue weighted by atomic mass is 9.98. The molecule has 0 bridgehead atoms. The van der Waals surface area contributed by atoms with Gasteiger partial charge >= 0.3 is 0 Å². The SMILES string of the molecule is Nc1cc(Cl)ccc1NCC(C1CC1)C1CC1. The first-order valence-corrected chi connectivity index (χ1v) is 6.91. The molecule has 92 valence electrons. The molecule has 0 radical (unpaired) electrons. The van der Waals surface area contributed by atoms with Gasteiger partial charge in [-0.15, -0.1) is 0 Å². The van der Waals surface area contributed by atoms with Gasteiger partial charge in [-0.25, -0.2) is 0 Å². The third-order valence-corrected chi connectivity index (χ3v) is 4.23. The minimum atomic E-state index is 0.703. The fraction of sp³-hybridized carbons (Fsp3) is 0.571. The summed E-state index contributed by atoms with van der Waals surface area (Å²) in [7, 11) is 0. The lowest BCUT2D eigenvalue weighted by Crippen LogP contribution is -2.18. The molecular formula is C14H19ClN2. The number of benzene rings is 1. The topological polar surface area (TPSA) is 38.0 Å². The van der Waals surface area contributed by atoms with Crippen LogP contribution in [0.2, 0.25) is 5.02 Å². The second-order valence-electron chi connectivity index (χ2n) is 5.45. The minimum Gasteiger partial charge on any atom is -0.397 e. The van der Waals surface area contributed by atoms with Crippen LogP contribution in [0, 0.1) is 17.8 Å². The van der Waals surface area contributed by atoms with Gasteiger partial charge in [0, 0.05) is 11.6 Å². The molecule has 0 aromatic heterocycles. The highest BCUT2D eigenvalue weighted by Crippen LogP contribution is 2.49. The van der Waals surface area contributed by atoms with Crippen LogP contribution in [-0.2, 0) is 0 Å². The summed E-state index contributed by atoms with van der Waals surface area (Å²) in [5.41, 5.74) is 7.73. The van der Waals surface area contributed by atoms with Gasteiger partial charge in [-0.3, -0.25) is 0 Å². The molecule has 0 spiro atoms. The Morgan fingerprint density at radius 3 is 2.41 bits per heavy atom. The van der Waals surface area contributed by atoms with E-state index in [0.29, 0.717) is 5.02 Å². The number of hydrogen-bond donors (Lipinski definition) is 2. The van der Waals surface area contributed by atoms with Crippen molar-refractivity contribution in [3.63, 3.8) is 0 Å². The molecule has 0 heterocycles. The quantitative estimate of drug-likeness (QED) is 0.781. The summed E-state index contributed by atoms with van der Waals surface area (Å²) < 4.78 is 0. The van der Waals surface area contributed by atoms with Gasteiger partial charge in [0.05, 0.1) is 11.4 Å². The number of halogens is 1. The average molecular weight is 251 g/mol. The molecule has 17 heavy (non-hydrogen) atoms. The van der Waals surface area contributed by atoms with Gasteiger partial charge in [0.2, 0.25) is 0 Å². The number of nitrogens with one attached hydrogen (secondary N) is 1. The molecule has 0 aliphatic heterocycles. The van der Waals surface area contributed by atoms with E-state index in [4.69, 9.17) is 17.3 Å². The predicted molar refractivity (Wildman–Crippen MR) is 73.3 cm³/mol. The Bertz CT molecular complexity index is 399. The third kappa shape index (κ3) is 2.68. The van der Waals surface area contributed by atoms with E-state index in [1.165, 1.54) is 25.7 Å². The van der Waals surface area contributed by atoms with Crippen molar-refractivity contribution in [3.05, 3.63) is 23.2 Å². The maximum Gasteiger partial charge on any atom is 0.0575 e. The molecule has 2 aliphatic carbocycles. The lowest BCUT2D eigenvalue weighted by molar-refractivity contribution is 0.428. The molecule has 1 aromatic carbocycles. The Balaban J connectivity index is 1.62. The van der Waals surface area contributed by atoms with Crippen molar-refractivity contribution in [1.82, 2.24) is 0 Å². The van der Waals surface area contributed by atoms with Gasteiger partial charge in [-0.1, -0.05) is 11.6 Å². The molecule has 3 rings (SSSR count). The standard InChI is InChI=1S/C14H19ClN2/c15-11-5-6-14(13(16)7-11)17-8-12(9-1-2-9)10-3-4-10/h5-7,9-10,12,17H,1-4,8,16H2. The molecule has 2 saturated carbocycles. The molecule has 3 heteroatoms. The van der Waals surface area contributed by atoms with Crippen LogP contribution in [0.5, 0.6) is 0 Å². The Hall–Kier alpha value is -0.890. The highest BCUT2D eigenvalue weighted by molar-refractivity contribution is 6.31. The van der Waals surface area contributed by atoms with Crippen LogP contribution in [0.3, 0.4) is 0 Å². The zero-order chi connectivity index (χ0) is 11.8. The first-order valence-electron chi connectivity index (χ1n) is 6.53. The summed E-state index contributed by atoms with van der Waals surface area (Å²) in [4.78, 5) is 0. The number of anilines is 2. The zero-order valence-electron chi connectivity index (χ0n) is 9.95. The maximum absolute atomic E-state index is 5.94. The number of nitrogen functional groups attached to an aromatic ring is 1. The molecule has 0 amide bonds. The molecule has 2 aliphatic rings. The van der Waals surface area contributed by atoms with Gasteiger partial charge in [-0.2, -0.15) is 0 Å². The number of nitrogens with two attached hydrogens (primary N) is 1. The maximum atomic E-state index is 5.94. The van der Waals surface area contributed by atoms with Gasteiger partial charge < -0.3 is 11.1 Å². The van der Waals surface area contributed by atoms with E-state index in [0.717, 1.165) is 35.7 Å². The molecular weight excluding hydrogens is 232 g/mol. The highest BCUT2D eigenvalue weighted by atomic mass is 35.5. The van der Waals surface area contributed by atoms with Crippen LogP contribution in [0.25, 0.3) is 0 Å². The molecule has 2 nitrogen and oxygen atoms in total. The van der Waals surface area contributed by atoms with Crippen molar-refractivity contribution in [3.8, 4) is 0 Å². The van der Waals surface area contributed by atoms with Crippen molar-refractivity contribution in [2.45, 2.75) is 25.7 Å². The molecule has 3 N–H and O–H groups in total. The van der Waals surface area contributed by atoms with Crippen molar-refractivity contribution >= 4 is 23.0 Å².